The normalized spacial score (nSPS) is 13.2. The second-order valence-electron chi connectivity index (χ2n) is 5.89. The van der Waals surface area contributed by atoms with E-state index in [2.05, 4.69) is 22.3 Å². The number of furan rings is 1. The standard InChI is InChI=1S/C18H17N3O2S/c1-21-17(16-6-3-9-23-16)19-20-18(21)24-11-15(22)14-8-7-12-4-2-5-13(12)10-14/h3,6-10H,2,4-5,11H2,1H3. The lowest BCUT2D eigenvalue weighted by Gasteiger charge is -2.05. The number of nitrogens with zero attached hydrogens (tertiary/aromatic N) is 3. The average molecular weight is 339 g/mol. The zero-order valence-corrected chi connectivity index (χ0v) is 14.2. The Hall–Kier alpha value is -2.34. The number of carbonyl (C=O) groups excluding carboxylic acids is 1. The van der Waals surface area contributed by atoms with Gasteiger partial charge in [0.15, 0.2) is 22.5 Å². The molecule has 0 fully saturated rings. The van der Waals surface area contributed by atoms with Crippen molar-refractivity contribution < 1.29 is 9.21 Å². The van der Waals surface area contributed by atoms with Crippen LogP contribution in [0, 0.1) is 0 Å². The zero-order valence-electron chi connectivity index (χ0n) is 13.4. The second-order valence-corrected chi connectivity index (χ2v) is 6.83. The van der Waals surface area contributed by atoms with Gasteiger partial charge in [0.25, 0.3) is 0 Å². The molecule has 6 heteroatoms. The van der Waals surface area contributed by atoms with Crippen molar-refractivity contribution in [1.82, 2.24) is 14.8 Å². The number of ketones is 1. The van der Waals surface area contributed by atoms with Gasteiger partial charge in [-0.05, 0) is 48.6 Å². The second kappa shape index (κ2) is 6.28. The molecule has 0 spiro atoms. The molecule has 0 saturated carbocycles. The highest BCUT2D eigenvalue weighted by Crippen LogP contribution is 2.26. The molecule has 0 aliphatic heterocycles. The van der Waals surface area contributed by atoms with Gasteiger partial charge in [-0.2, -0.15) is 0 Å². The molecule has 2 aromatic heterocycles. The van der Waals surface area contributed by atoms with Crippen LogP contribution >= 0.6 is 11.8 Å². The minimum atomic E-state index is 0.122. The van der Waals surface area contributed by atoms with Crippen LogP contribution in [0.5, 0.6) is 0 Å². The molecule has 1 aromatic carbocycles. The van der Waals surface area contributed by atoms with Gasteiger partial charge in [0.2, 0.25) is 0 Å². The molecular formula is C18H17N3O2S. The van der Waals surface area contributed by atoms with Crippen molar-refractivity contribution >= 4 is 17.5 Å². The minimum absolute atomic E-state index is 0.122. The lowest BCUT2D eigenvalue weighted by Crippen LogP contribution is -2.04. The van der Waals surface area contributed by atoms with Gasteiger partial charge in [0, 0.05) is 12.6 Å². The fourth-order valence-corrected chi connectivity index (χ4v) is 3.83. The SMILES string of the molecule is Cn1c(SCC(=O)c2ccc3c(c2)CCC3)nnc1-c1ccco1. The molecule has 24 heavy (non-hydrogen) atoms. The number of carbonyl (C=O) groups is 1. The van der Waals surface area contributed by atoms with Crippen LogP contribution in [-0.4, -0.2) is 26.3 Å². The highest BCUT2D eigenvalue weighted by molar-refractivity contribution is 7.99. The summed E-state index contributed by atoms with van der Waals surface area (Å²) in [6.07, 6.45) is 5.01. The summed E-state index contributed by atoms with van der Waals surface area (Å²) in [5.41, 5.74) is 3.50. The van der Waals surface area contributed by atoms with E-state index in [1.54, 1.807) is 6.26 Å². The molecule has 1 aliphatic rings. The summed E-state index contributed by atoms with van der Waals surface area (Å²) in [4.78, 5) is 12.5. The summed E-state index contributed by atoms with van der Waals surface area (Å²) >= 11 is 1.40. The maximum Gasteiger partial charge on any atom is 0.200 e. The van der Waals surface area contributed by atoms with Crippen molar-refractivity contribution in [2.24, 2.45) is 7.05 Å². The predicted octanol–water partition coefficient (Wildman–Crippen LogP) is 3.54. The first-order valence-corrected chi connectivity index (χ1v) is 8.92. The number of hydrogen-bond donors (Lipinski definition) is 0. The van der Waals surface area contributed by atoms with Gasteiger partial charge in [0.05, 0.1) is 12.0 Å². The fourth-order valence-electron chi connectivity index (χ4n) is 3.02. The third-order valence-corrected chi connectivity index (χ3v) is 5.35. The molecule has 0 amide bonds. The number of aryl methyl sites for hydroxylation is 2. The predicted molar refractivity (Wildman–Crippen MR) is 92.2 cm³/mol. The summed E-state index contributed by atoms with van der Waals surface area (Å²) in [7, 11) is 1.88. The monoisotopic (exact) mass is 339 g/mol. The van der Waals surface area contributed by atoms with Gasteiger partial charge in [-0.3, -0.25) is 4.79 Å². The molecule has 2 heterocycles. The molecule has 0 atom stereocenters. The highest BCUT2D eigenvalue weighted by Gasteiger charge is 2.17. The van der Waals surface area contributed by atoms with E-state index in [1.165, 1.54) is 29.3 Å². The van der Waals surface area contributed by atoms with Crippen LogP contribution in [0.1, 0.15) is 27.9 Å². The first kappa shape index (κ1) is 15.2. The van der Waals surface area contributed by atoms with Crippen molar-refractivity contribution in [3.63, 3.8) is 0 Å². The lowest BCUT2D eigenvalue weighted by atomic mass is 10.0. The van der Waals surface area contributed by atoms with Crippen LogP contribution in [0.2, 0.25) is 0 Å². The van der Waals surface area contributed by atoms with Gasteiger partial charge in [-0.15, -0.1) is 10.2 Å². The number of thioether (sulfide) groups is 1. The van der Waals surface area contributed by atoms with Crippen LogP contribution in [0.15, 0.2) is 46.2 Å². The van der Waals surface area contributed by atoms with Crippen molar-refractivity contribution in [3.05, 3.63) is 53.3 Å². The van der Waals surface area contributed by atoms with Gasteiger partial charge < -0.3 is 8.98 Å². The summed E-state index contributed by atoms with van der Waals surface area (Å²) in [5.74, 6) is 1.80. The Labute approximate surface area is 144 Å². The van der Waals surface area contributed by atoms with E-state index in [0.717, 1.165) is 18.4 Å². The first-order valence-electron chi connectivity index (χ1n) is 7.93. The average Bonchev–Trinajstić information content (AvgIpc) is 3.32. The minimum Gasteiger partial charge on any atom is -0.461 e. The van der Waals surface area contributed by atoms with Crippen LogP contribution in [0.25, 0.3) is 11.6 Å². The van der Waals surface area contributed by atoms with Crippen molar-refractivity contribution in [2.75, 3.05) is 5.75 Å². The Morgan fingerprint density at radius 1 is 1.25 bits per heavy atom. The molecule has 0 bridgehead atoms. The molecule has 4 rings (SSSR count). The van der Waals surface area contributed by atoms with E-state index in [-0.39, 0.29) is 5.78 Å². The number of rotatable bonds is 5. The van der Waals surface area contributed by atoms with Gasteiger partial charge in [-0.1, -0.05) is 23.9 Å². The summed E-state index contributed by atoms with van der Waals surface area (Å²) in [6, 6.07) is 9.74. The molecule has 1 aliphatic carbocycles. The van der Waals surface area contributed by atoms with Gasteiger partial charge in [0.1, 0.15) is 0 Å². The fraction of sp³-hybridized carbons (Fsp3) is 0.278. The van der Waals surface area contributed by atoms with Crippen molar-refractivity contribution in [3.8, 4) is 11.6 Å². The smallest absolute Gasteiger partial charge is 0.200 e. The van der Waals surface area contributed by atoms with Gasteiger partial charge in [-0.25, -0.2) is 0 Å². The van der Waals surface area contributed by atoms with E-state index in [4.69, 9.17) is 4.42 Å². The number of fused-ring (bicyclic) bond motifs is 1. The van der Waals surface area contributed by atoms with E-state index in [1.807, 2.05) is 29.8 Å². The third kappa shape index (κ3) is 2.78. The van der Waals surface area contributed by atoms with Crippen molar-refractivity contribution in [1.29, 1.82) is 0 Å². The Morgan fingerprint density at radius 3 is 2.96 bits per heavy atom. The number of Topliss-reactive ketones (excluding diaryl/α,β-unsaturated/α-hetero) is 1. The molecular weight excluding hydrogens is 322 g/mol. The summed E-state index contributed by atoms with van der Waals surface area (Å²) in [6.45, 7) is 0. The van der Waals surface area contributed by atoms with E-state index in [0.29, 0.717) is 22.5 Å². The van der Waals surface area contributed by atoms with Crippen molar-refractivity contribution in [2.45, 2.75) is 24.4 Å². The number of hydrogen-bond acceptors (Lipinski definition) is 5. The zero-order chi connectivity index (χ0) is 16.5. The van der Waals surface area contributed by atoms with Crippen LogP contribution < -0.4 is 0 Å². The van der Waals surface area contributed by atoms with E-state index >= 15 is 0 Å². The molecule has 0 radical (unpaired) electrons. The van der Waals surface area contributed by atoms with Crippen LogP contribution in [0.4, 0.5) is 0 Å². The molecule has 0 N–H and O–H groups in total. The maximum atomic E-state index is 12.5. The molecule has 3 aromatic rings. The molecule has 5 nitrogen and oxygen atoms in total. The first-order chi connectivity index (χ1) is 11.7. The van der Waals surface area contributed by atoms with Gasteiger partial charge >= 0.3 is 0 Å². The number of benzene rings is 1. The summed E-state index contributed by atoms with van der Waals surface area (Å²) in [5, 5.41) is 9.01. The Bertz CT molecular complexity index is 884. The Kier molecular flexibility index (Phi) is 3.98. The molecule has 0 saturated heterocycles. The molecule has 122 valence electrons. The van der Waals surface area contributed by atoms with Crippen LogP contribution in [-0.2, 0) is 19.9 Å². The number of aromatic nitrogens is 3. The molecule has 0 unspecified atom stereocenters. The Morgan fingerprint density at radius 2 is 2.12 bits per heavy atom. The van der Waals surface area contributed by atoms with E-state index < -0.39 is 0 Å². The largest absolute Gasteiger partial charge is 0.461 e. The third-order valence-electron chi connectivity index (χ3n) is 4.33. The summed E-state index contributed by atoms with van der Waals surface area (Å²) < 4.78 is 7.20. The van der Waals surface area contributed by atoms with E-state index in [9.17, 15) is 4.79 Å². The maximum absolute atomic E-state index is 12.5. The van der Waals surface area contributed by atoms with Crippen LogP contribution in [0.3, 0.4) is 0 Å². The quantitative estimate of drug-likeness (QED) is 0.525. The Balaban J connectivity index is 1.46. The highest BCUT2D eigenvalue weighted by atomic mass is 32.2. The lowest BCUT2D eigenvalue weighted by molar-refractivity contribution is 0.102. The topological polar surface area (TPSA) is 60.9 Å².